The number of para-hydroxylation sites is 2. The molecule has 0 radical (unpaired) electrons. The highest BCUT2D eigenvalue weighted by Gasteiger charge is 2.51. The first-order chi connectivity index (χ1) is 38.1. The molecule has 0 unspecified atom stereocenters. The van der Waals surface area contributed by atoms with Crippen LogP contribution in [0.1, 0.15) is 207 Å². The lowest BCUT2D eigenvalue weighted by Crippen LogP contribution is -2.61. The molecule has 2 aliphatic heterocycles. The predicted molar refractivity (Wildman–Crippen MR) is 344 cm³/mol. The maximum absolute atomic E-state index is 7.90. The standard InChI is InChI=1S/C76H83BN2O2/c1-69(2)28-30-71(5,6)53-38-45(24-26-51(53)69)78-60-42-57-56(74(11,12)33-34-75(57,13)14)41-59(60)77-65-61(78)36-44(47-21-19-22-49-48-20-17-18-23-63(48)80-67(47)49)37-62(65)79(46-25-27-52-54(39-46)72(7,8)31-29-70(52,3)4)66-50-40-55-58(43-64(50)81-68(66)77)76(15,16)35-32-73(55,9)10/h17-27,36-43H,28-35H2,1-16H3. The van der Waals surface area contributed by atoms with Crippen LogP contribution in [0.3, 0.4) is 0 Å². The zero-order valence-corrected chi connectivity index (χ0v) is 51.4. The molecule has 0 N–H and O–H groups in total. The first-order valence-electron chi connectivity index (χ1n) is 30.9. The number of hydrogen-bond acceptors (Lipinski definition) is 4. The van der Waals surface area contributed by atoms with Gasteiger partial charge in [0.2, 0.25) is 0 Å². The van der Waals surface area contributed by atoms with Gasteiger partial charge in [-0.05, 0) is 216 Å². The van der Waals surface area contributed by atoms with E-state index in [1.165, 1.54) is 108 Å². The van der Waals surface area contributed by atoms with Crippen LogP contribution >= 0.6 is 0 Å². The molecule has 0 bridgehead atoms. The third kappa shape index (κ3) is 7.21. The highest BCUT2D eigenvalue weighted by Crippen LogP contribution is 2.57. The topological polar surface area (TPSA) is 32.8 Å². The molecule has 412 valence electrons. The second-order valence-corrected chi connectivity index (χ2v) is 31.5. The molecule has 4 aliphatic carbocycles. The Balaban J connectivity index is 1.12. The number of hydrogen-bond donors (Lipinski definition) is 0. The third-order valence-corrected chi connectivity index (χ3v) is 22.5. The van der Waals surface area contributed by atoms with Crippen LogP contribution in [0.25, 0.3) is 44.0 Å². The molecule has 0 amide bonds. The average molecular weight is 1070 g/mol. The van der Waals surface area contributed by atoms with Crippen LogP contribution in [0.4, 0.5) is 34.1 Å². The number of nitrogens with zero attached hydrogens (tertiary/aromatic N) is 2. The molecule has 9 aromatic rings. The smallest absolute Gasteiger partial charge is 0.297 e. The van der Waals surface area contributed by atoms with Gasteiger partial charge in [-0.3, -0.25) is 0 Å². The minimum absolute atomic E-state index is 0.00166. The second-order valence-electron chi connectivity index (χ2n) is 31.5. The van der Waals surface area contributed by atoms with E-state index in [9.17, 15) is 0 Å². The molecule has 2 aromatic heterocycles. The van der Waals surface area contributed by atoms with E-state index in [1.54, 1.807) is 0 Å². The highest BCUT2D eigenvalue weighted by molar-refractivity contribution is 7.00. The van der Waals surface area contributed by atoms with Gasteiger partial charge in [0.15, 0.2) is 0 Å². The quantitative estimate of drug-likeness (QED) is 0.165. The van der Waals surface area contributed by atoms with Gasteiger partial charge in [-0.25, -0.2) is 0 Å². The summed E-state index contributed by atoms with van der Waals surface area (Å²) in [6.07, 6.45) is 9.18. The first-order valence-corrected chi connectivity index (χ1v) is 30.9. The molecule has 4 nitrogen and oxygen atoms in total. The summed E-state index contributed by atoms with van der Waals surface area (Å²) in [6, 6.07) is 45.9. The Labute approximate surface area is 482 Å². The van der Waals surface area contributed by atoms with Gasteiger partial charge in [0.25, 0.3) is 6.71 Å². The molecule has 15 rings (SSSR count). The second kappa shape index (κ2) is 16.2. The molecule has 0 fully saturated rings. The normalized spacial score (nSPS) is 21.4. The Morgan fingerprint density at radius 1 is 0.358 bits per heavy atom. The van der Waals surface area contributed by atoms with Crippen LogP contribution in [-0.2, 0) is 43.3 Å². The van der Waals surface area contributed by atoms with Crippen LogP contribution in [0, 0.1) is 0 Å². The molecular formula is C76H83BN2O2. The van der Waals surface area contributed by atoms with Gasteiger partial charge < -0.3 is 18.6 Å². The van der Waals surface area contributed by atoms with E-state index in [-0.39, 0.29) is 50.0 Å². The summed E-state index contributed by atoms with van der Waals surface area (Å²) >= 11 is 0. The van der Waals surface area contributed by atoms with Crippen molar-refractivity contribution in [2.45, 2.75) is 205 Å². The lowest BCUT2D eigenvalue weighted by Gasteiger charge is -2.47. The van der Waals surface area contributed by atoms with E-state index in [4.69, 9.17) is 8.83 Å². The molecular weight excluding hydrogens is 984 g/mol. The van der Waals surface area contributed by atoms with Gasteiger partial charge >= 0.3 is 0 Å². The molecule has 0 atom stereocenters. The van der Waals surface area contributed by atoms with E-state index >= 15 is 0 Å². The van der Waals surface area contributed by atoms with E-state index < -0.39 is 0 Å². The number of rotatable bonds is 3. The van der Waals surface area contributed by atoms with Crippen molar-refractivity contribution < 1.29 is 8.83 Å². The molecule has 81 heavy (non-hydrogen) atoms. The van der Waals surface area contributed by atoms with Crippen molar-refractivity contribution in [1.82, 2.24) is 0 Å². The fraction of sp³-hybridized carbons (Fsp3) is 0.421. The largest absolute Gasteiger partial charge is 0.468 e. The van der Waals surface area contributed by atoms with Gasteiger partial charge in [-0.15, -0.1) is 0 Å². The minimum atomic E-state index is -0.193. The Hall–Kier alpha value is -6.46. The van der Waals surface area contributed by atoms with Crippen LogP contribution in [0.5, 0.6) is 0 Å². The van der Waals surface area contributed by atoms with Gasteiger partial charge in [-0.1, -0.05) is 165 Å². The number of anilines is 6. The van der Waals surface area contributed by atoms with Crippen molar-refractivity contribution >= 4 is 90.3 Å². The molecule has 7 aromatic carbocycles. The van der Waals surface area contributed by atoms with Gasteiger partial charge in [0.05, 0.1) is 11.3 Å². The fourth-order valence-corrected chi connectivity index (χ4v) is 16.7. The summed E-state index contributed by atoms with van der Waals surface area (Å²) in [6.45, 7) is 39.3. The molecule has 6 aliphatic rings. The summed E-state index contributed by atoms with van der Waals surface area (Å²) in [5.74, 6) is 0. The van der Waals surface area contributed by atoms with Crippen molar-refractivity contribution in [3.05, 3.63) is 160 Å². The molecule has 4 heterocycles. The van der Waals surface area contributed by atoms with Crippen LogP contribution in [0.15, 0.2) is 124 Å². The van der Waals surface area contributed by atoms with Gasteiger partial charge in [0.1, 0.15) is 16.7 Å². The Morgan fingerprint density at radius 3 is 1.38 bits per heavy atom. The Kier molecular flexibility index (Phi) is 10.3. The first kappa shape index (κ1) is 51.4. The van der Waals surface area contributed by atoms with Gasteiger partial charge in [-0.2, -0.15) is 0 Å². The minimum Gasteiger partial charge on any atom is -0.468 e. The van der Waals surface area contributed by atoms with Crippen molar-refractivity contribution in [3.63, 3.8) is 0 Å². The van der Waals surface area contributed by atoms with Crippen molar-refractivity contribution in [2.24, 2.45) is 0 Å². The fourth-order valence-electron chi connectivity index (χ4n) is 16.7. The lowest BCUT2D eigenvalue weighted by molar-refractivity contribution is 0.332. The van der Waals surface area contributed by atoms with Crippen LogP contribution in [-0.4, -0.2) is 6.71 Å². The Bertz CT molecular complexity index is 4220. The zero-order valence-electron chi connectivity index (χ0n) is 51.4. The third-order valence-electron chi connectivity index (χ3n) is 22.5. The van der Waals surface area contributed by atoms with Crippen molar-refractivity contribution in [1.29, 1.82) is 0 Å². The Morgan fingerprint density at radius 2 is 0.815 bits per heavy atom. The maximum atomic E-state index is 7.90. The van der Waals surface area contributed by atoms with E-state index in [2.05, 4.69) is 236 Å². The summed E-state index contributed by atoms with van der Waals surface area (Å²) < 4.78 is 14.9. The summed E-state index contributed by atoms with van der Waals surface area (Å²) in [5, 5.41) is 3.48. The summed E-state index contributed by atoms with van der Waals surface area (Å²) in [7, 11) is 0. The predicted octanol–water partition coefficient (Wildman–Crippen LogP) is 19.5. The van der Waals surface area contributed by atoms with Crippen LogP contribution < -0.4 is 26.4 Å². The summed E-state index contributed by atoms with van der Waals surface area (Å²) in [5.41, 5.74) is 27.8. The molecule has 0 saturated heterocycles. The highest BCUT2D eigenvalue weighted by atomic mass is 16.3. The van der Waals surface area contributed by atoms with E-state index in [0.717, 1.165) is 82.8 Å². The monoisotopic (exact) mass is 1070 g/mol. The average Bonchev–Trinajstić information content (AvgIpc) is 2.73. The van der Waals surface area contributed by atoms with Crippen molar-refractivity contribution in [2.75, 3.05) is 9.80 Å². The number of furan rings is 2. The number of benzene rings is 7. The SMILES string of the molecule is CC1(C)CCC(C)(C)c2cc(N3c4cc5c(cc4B4c6oc7cc8c(cc7c6N(c6ccc7c(c6)C(C)(C)CCC7(C)C)c6cc(-c7cccc9c7oc7ccccc79)cc3c64)C(C)(C)CCC8(C)C)C(C)(C)CCC5(C)C)ccc21. The zero-order chi connectivity index (χ0) is 56.7. The van der Waals surface area contributed by atoms with Crippen LogP contribution in [0.2, 0.25) is 0 Å². The maximum Gasteiger partial charge on any atom is 0.297 e. The molecule has 0 saturated carbocycles. The summed E-state index contributed by atoms with van der Waals surface area (Å²) in [4.78, 5) is 5.38. The molecule has 5 heteroatoms. The molecule has 0 spiro atoms. The van der Waals surface area contributed by atoms with E-state index in [1.807, 2.05) is 0 Å². The van der Waals surface area contributed by atoms with Gasteiger partial charge in [0, 0.05) is 50.2 Å². The lowest BCUT2D eigenvalue weighted by atomic mass is 9.35. The van der Waals surface area contributed by atoms with Crippen molar-refractivity contribution in [3.8, 4) is 11.1 Å². The van der Waals surface area contributed by atoms with E-state index in [0.29, 0.717) is 0 Å². The number of fused-ring (bicyclic) bond motifs is 13.